The molecular formula is C26H41ClN2O. The zero-order valence-corrected chi connectivity index (χ0v) is 19.9. The largest absolute Gasteiger partial charge is 0.337 e. The maximum absolute atomic E-state index is 13.5. The molecule has 30 heavy (non-hydrogen) atoms. The van der Waals surface area contributed by atoms with E-state index in [-0.39, 0.29) is 5.92 Å². The summed E-state index contributed by atoms with van der Waals surface area (Å²) in [4.78, 5) is 18.2. The molecular weight excluding hydrogens is 392 g/mol. The lowest BCUT2D eigenvalue weighted by molar-refractivity contribution is -0.137. The van der Waals surface area contributed by atoms with Crippen LogP contribution in [0.3, 0.4) is 0 Å². The number of rotatable bonds is 9. The number of carbonyl (C=O) groups is 1. The van der Waals surface area contributed by atoms with E-state index < -0.39 is 0 Å². The maximum atomic E-state index is 13.5. The number of nitrogens with zero attached hydrogens (tertiary/aromatic N) is 2. The van der Waals surface area contributed by atoms with E-state index in [0.29, 0.717) is 12.5 Å². The molecule has 1 aliphatic heterocycles. The fourth-order valence-corrected chi connectivity index (χ4v) is 5.20. The van der Waals surface area contributed by atoms with Gasteiger partial charge in [-0.3, -0.25) is 4.79 Å². The predicted octanol–water partition coefficient (Wildman–Crippen LogP) is 6.40. The highest BCUT2D eigenvalue weighted by Gasteiger charge is 2.29. The summed E-state index contributed by atoms with van der Waals surface area (Å²) in [5, 5.41) is 0.754. The van der Waals surface area contributed by atoms with Gasteiger partial charge in [0.05, 0.1) is 0 Å². The molecule has 0 radical (unpaired) electrons. The average Bonchev–Trinajstić information content (AvgIpc) is 2.77. The van der Waals surface area contributed by atoms with Crippen molar-refractivity contribution in [2.45, 2.75) is 78.2 Å². The van der Waals surface area contributed by atoms with Crippen LogP contribution in [0.15, 0.2) is 24.3 Å². The predicted molar refractivity (Wildman–Crippen MR) is 127 cm³/mol. The molecule has 1 saturated carbocycles. The number of carbonyl (C=O) groups excluding carboxylic acids is 1. The van der Waals surface area contributed by atoms with Gasteiger partial charge in [0.2, 0.25) is 5.91 Å². The van der Waals surface area contributed by atoms with Crippen LogP contribution in [-0.2, 0) is 11.3 Å². The normalized spacial score (nSPS) is 23.4. The standard InChI is InChI=1S/C26H41ClN2O/c1-3-4-5-22-6-10-24(11-7-22)26(30)29(20-23-8-12-25(27)13-9-23)19-18-28-16-14-21(2)15-17-28/h8-9,12-13,21-22,24H,3-7,10-11,14-20H2,1-2H3. The van der Waals surface area contributed by atoms with Crippen LogP contribution in [0.25, 0.3) is 0 Å². The summed E-state index contributed by atoms with van der Waals surface area (Å²) in [5.74, 6) is 2.28. The van der Waals surface area contributed by atoms with Gasteiger partial charge in [0.25, 0.3) is 0 Å². The smallest absolute Gasteiger partial charge is 0.226 e. The Hall–Kier alpha value is -1.06. The Bertz CT molecular complexity index is 631. The van der Waals surface area contributed by atoms with E-state index in [1.54, 1.807) is 0 Å². The Morgan fingerprint density at radius 2 is 1.73 bits per heavy atom. The highest BCUT2D eigenvalue weighted by molar-refractivity contribution is 6.30. The molecule has 4 heteroatoms. The Labute approximate surface area is 189 Å². The van der Waals surface area contributed by atoms with Crippen LogP contribution in [-0.4, -0.2) is 41.9 Å². The second kappa shape index (κ2) is 12.1. The minimum atomic E-state index is 0.219. The topological polar surface area (TPSA) is 23.6 Å². The van der Waals surface area contributed by atoms with Crippen LogP contribution >= 0.6 is 11.6 Å². The third-order valence-electron chi connectivity index (χ3n) is 7.32. The molecule has 3 rings (SSSR count). The van der Waals surface area contributed by atoms with E-state index in [9.17, 15) is 4.79 Å². The van der Waals surface area contributed by atoms with Crippen LogP contribution in [0.4, 0.5) is 0 Å². The van der Waals surface area contributed by atoms with Gasteiger partial charge in [-0.2, -0.15) is 0 Å². The van der Waals surface area contributed by atoms with E-state index in [4.69, 9.17) is 11.6 Å². The first-order chi connectivity index (χ1) is 14.5. The van der Waals surface area contributed by atoms with Crippen molar-refractivity contribution in [3.63, 3.8) is 0 Å². The first-order valence-corrected chi connectivity index (χ1v) is 12.7. The van der Waals surface area contributed by atoms with Crippen molar-refractivity contribution in [3.05, 3.63) is 34.9 Å². The molecule has 0 bridgehead atoms. The molecule has 0 spiro atoms. The molecule has 3 nitrogen and oxygen atoms in total. The summed E-state index contributed by atoms with van der Waals surface area (Å²) in [6.07, 6.45) is 11.1. The molecule has 0 atom stereocenters. The molecule has 1 heterocycles. The minimum Gasteiger partial charge on any atom is -0.337 e. The van der Waals surface area contributed by atoms with Gasteiger partial charge in [-0.1, -0.05) is 56.8 Å². The minimum absolute atomic E-state index is 0.219. The van der Waals surface area contributed by atoms with Gasteiger partial charge in [-0.15, -0.1) is 0 Å². The molecule has 2 fully saturated rings. The SMILES string of the molecule is CCCCC1CCC(C(=O)N(CCN2CCC(C)CC2)Cc2ccc(Cl)cc2)CC1. The Kier molecular flexibility index (Phi) is 9.52. The number of hydrogen-bond acceptors (Lipinski definition) is 2. The van der Waals surface area contributed by atoms with Gasteiger partial charge in [-0.25, -0.2) is 0 Å². The van der Waals surface area contributed by atoms with Gasteiger partial charge in [0, 0.05) is 30.6 Å². The summed E-state index contributed by atoms with van der Waals surface area (Å²) >= 11 is 6.07. The number of piperidine rings is 1. The average molecular weight is 433 g/mol. The third-order valence-corrected chi connectivity index (χ3v) is 7.57. The quantitative estimate of drug-likeness (QED) is 0.450. The lowest BCUT2D eigenvalue weighted by atomic mass is 9.79. The number of likely N-dealkylation sites (tertiary alicyclic amines) is 1. The zero-order chi connectivity index (χ0) is 21.3. The molecule has 1 aromatic carbocycles. The summed E-state index contributed by atoms with van der Waals surface area (Å²) in [6, 6.07) is 7.99. The van der Waals surface area contributed by atoms with E-state index in [0.717, 1.165) is 42.8 Å². The second-order valence-corrected chi connectivity index (χ2v) is 10.2. The van der Waals surface area contributed by atoms with Gasteiger partial charge in [0.1, 0.15) is 0 Å². The van der Waals surface area contributed by atoms with E-state index >= 15 is 0 Å². The number of amides is 1. The number of unbranched alkanes of at least 4 members (excludes halogenated alkanes) is 1. The van der Waals surface area contributed by atoms with Crippen molar-refractivity contribution in [1.82, 2.24) is 9.80 Å². The molecule has 0 aromatic heterocycles. The summed E-state index contributed by atoms with van der Waals surface area (Å²) in [6.45, 7) is 9.51. The summed E-state index contributed by atoms with van der Waals surface area (Å²) in [7, 11) is 0. The zero-order valence-electron chi connectivity index (χ0n) is 19.1. The maximum Gasteiger partial charge on any atom is 0.226 e. The van der Waals surface area contributed by atoms with E-state index in [2.05, 4.69) is 35.8 Å². The lowest BCUT2D eigenvalue weighted by Gasteiger charge is -2.35. The molecule has 168 valence electrons. The van der Waals surface area contributed by atoms with Crippen molar-refractivity contribution >= 4 is 17.5 Å². The van der Waals surface area contributed by atoms with Gasteiger partial charge >= 0.3 is 0 Å². The van der Waals surface area contributed by atoms with Crippen molar-refractivity contribution < 1.29 is 4.79 Å². The van der Waals surface area contributed by atoms with Gasteiger partial charge in [-0.05, 0) is 81.1 Å². The number of benzene rings is 1. The molecule has 0 unspecified atom stereocenters. The molecule has 1 aromatic rings. The van der Waals surface area contributed by atoms with Crippen molar-refractivity contribution in [3.8, 4) is 0 Å². The van der Waals surface area contributed by atoms with Crippen LogP contribution in [0, 0.1) is 17.8 Å². The lowest BCUT2D eigenvalue weighted by Crippen LogP contribution is -2.43. The van der Waals surface area contributed by atoms with Crippen molar-refractivity contribution in [2.75, 3.05) is 26.2 Å². The van der Waals surface area contributed by atoms with Crippen LogP contribution in [0.1, 0.15) is 77.2 Å². The molecule has 2 aliphatic rings. The van der Waals surface area contributed by atoms with Crippen molar-refractivity contribution in [1.29, 1.82) is 0 Å². The van der Waals surface area contributed by atoms with E-state index in [1.165, 1.54) is 63.6 Å². The summed E-state index contributed by atoms with van der Waals surface area (Å²) < 4.78 is 0. The van der Waals surface area contributed by atoms with E-state index in [1.807, 2.05) is 12.1 Å². The molecule has 1 saturated heterocycles. The van der Waals surface area contributed by atoms with Crippen molar-refractivity contribution in [2.24, 2.45) is 17.8 Å². The number of hydrogen-bond donors (Lipinski definition) is 0. The fraction of sp³-hybridized carbons (Fsp3) is 0.731. The van der Waals surface area contributed by atoms with Gasteiger partial charge < -0.3 is 9.80 Å². The van der Waals surface area contributed by atoms with Crippen LogP contribution in [0.2, 0.25) is 5.02 Å². The molecule has 1 amide bonds. The molecule has 0 N–H and O–H groups in total. The Morgan fingerprint density at radius 1 is 1.07 bits per heavy atom. The Balaban J connectivity index is 1.58. The number of halogens is 1. The third kappa shape index (κ3) is 7.27. The summed E-state index contributed by atoms with van der Waals surface area (Å²) in [5.41, 5.74) is 1.18. The highest BCUT2D eigenvalue weighted by Crippen LogP contribution is 2.33. The first-order valence-electron chi connectivity index (χ1n) is 12.3. The Morgan fingerprint density at radius 3 is 2.37 bits per heavy atom. The fourth-order valence-electron chi connectivity index (χ4n) is 5.07. The van der Waals surface area contributed by atoms with Crippen LogP contribution < -0.4 is 0 Å². The van der Waals surface area contributed by atoms with Gasteiger partial charge in [0.15, 0.2) is 0 Å². The monoisotopic (exact) mass is 432 g/mol. The first kappa shape index (κ1) is 23.6. The highest BCUT2D eigenvalue weighted by atomic mass is 35.5. The molecule has 1 aliphatic carbocycles. The van der Waals surface area contributed by atoms with Crippen LogP contribution in [0.5, 0.6) is 0 Å². The second-order valence-electron chi connectivity index (χ2n) is 9.77.